The second-order valence-electron chi connectivity index (χ2n) is 9.44. The smallest absolute Gasteiger partial charge is 0.173 e. The van der Waals surface area contributed by atoms with Crippen LogP contribution in [0.25, 0.3) is 5.69 Å². The molecule has 0 aliphatic heterocycles. The van der Waals surface area contributed by atoms with Crippen molar-refractivity contribution < 1.29 is 23.0 Å². The van der Waals surface area contributed by atoms with Gasteiger partial charge in [0.1, 0.15) is 11.6 Å². The number of methoxy groups -OCH3 is 1. The van der Waals surface area contributed by atoms with E-state index in [1.807, 2.05) is 32.3 Å². The van der Waals surface area contributed by atoms with Gasteiger partial charge in [-0.15, -0.1) is 0 Å². The Morgan fingerprint density at radius 1 is 1.02 bits per heavy atom. The van der Waals surface area contributed by atoms with Crippen LogP contribution in [-0.2, 0) is 11.2 Å². The lowest BCUT2D eigenvalue weighted by molar-refractivity contribution is 0.290. The Hall–Kier alpha value is -2.63. The number of aromatic nitrogens is 2. The standard InChI is InChI=1S/C29H29ClF3N3O2S2.C2H6/c1-29(2,18-5-10-24(32)26(13-18)38-3)27-16-34-28(36(27)20-8-6-19(31)7-9-20)39-17-22-23(30)14-21(15-25(22)33)40-35-11-4-12-37;1-2/h5-10,13-16,35,37H,4,11-12,17H2,1-3H3;1-2H3. The number of thioether (sulfide) groups is 1. The molecule has 5 nitrogen and oxygen atoms in total. The van der Waals surface area contributed by atoms with E-state index in [1.54, 1.807) is 36.5 Å². The van der Waals surface area contributed by atoms with Crippen LogP contribution in [0.2, 0.25) is 5.02 Å². The number of ether oxygens (including phenoxy) is 1. The summed E-state index contributed by atoms with van der Waals surface area (Å²) in [5.74, 6) is -0.946. The van der Waals surface area contributed by atoms with Crippen LogP contribution in [0.15, 0.2) is 70.8 Å². The predicted octanol–water partition coefficient (Wildman–Crippen LogP) is 8.58. The van der Waals surface area contributed by atoms with Gasteiger partial charge in [-0.25, -0.2) is 18.2 Å². The summed E-state index contributed by atoms with van der Waals surface area (Å²) in [4.78, 5) is 5.27. The molecule has 226 valence electrons. The van der Waals surface area contributed by atoms with Crippen molar-refractivity contribution in [2.75, 3.05) is 20.3 Å². The van der Waals surface area contributed by atoms with Crippen molar-refractivity contribution in [2.24, 2.45) is 0 Å². The first-order valence-corrected chi connectivity index (χ1v) is 15.6. The molecule has 2 N–H and O–H groups in total. The molecular formula is C31H35ClF3N3O2S2. The van der Waals surface area contributed by atoms with Gasteiger partial charge in [0.05, 0.1) is 19.0 Å². The van der Waals surface area contributed by atoms with Gasteiger partial charge in [-0.3, -0.25) is 9.29 Å². The molecule has 0 bridgehead atoms. The van der Waals surface area contributed by atoms with E-state index in [-0.39, 0.29) is 28.9 Å². The average molecular weight is 638 g/mol. The summed E-state index contributed by atoms with van der Waals surface area (Å²) in [6.45, 7) is 8.61. The lowest BCUT2D eigenvalue weighted by Crippen LogP contribution is -2.23. The maximum atomic E-state index is 15.1. The summed E-state index contributed by atoms with van der Waals surface area (Å²) in [5, 5.41) is 9.75. The van der Waals surface area contributed by atoms with Crippen LogP contribution in [0.4, 0.5) is 13.2 Å². The molecular weight excluding hydrogens is 603 g/mol. The molecule has 0 atom stereocenters. The second kappa shape index (κ2) is 15.7. The minimum Gasteiger partial charge on any atom is -0.494 e. The first kappa shape index (κ1) is 33.9. The van der Waals surface area contributed by atoms with E-state index < -0.39 is 17.0 Å². The van der Waals surface area contributed by atoms with Crippen LogP contribution >= 0.6 is 35.3 Å². The Labute approximate surface area is 259 Å². The monoisotopic (exact) mass is 637 g/mol. The zero-order valence-corrected chi connectivity index (χ0v) is 26.6. The molecule has 0 aliphatic rings. The summed E-state index contributed by atoms with van der Waals surface area (Å²) in [5.41, 5.74) is 1.91. The highest BCUT2D eigenvalue weighted by atomic mass is 35.5. The maximum absolute atomic E-state index is 15.1. The molecule has 4 rings (SSSR count). The van der Waals surface area contributed by atoms with Crippen molar-refractivity contribution in [1.82, 2.24) is 14.3 Å². The van der Waals surface area contributed by atoms with E-state index in [2.05, 4.69) is 9.71 Å². The molecule has 1 heterocycles. The van der Waals surface area contributed by atoms with E-state index in [1.165, 1.54) is 55.1 Å². The largest absolute Gasteiger partial charge is 0.494 e. The highest BCUT2D eigenvalue weighted by Gasteiger charge is 2.30. The number of imidazole rings is 1. The number of benzene rings is 3. The van der Waals surface area contributed by atoms with Gasteiger partial charge in [0.2, 0.25) is 0 Å². The molecule has 0 amide bonds. The summed E-state index contributed by atoms with van der Waals surface area (Å²) < 4.78 is 53.2. The molecule has 42 heavy (non-hydrogen) atoms. The van der Waals surface area contributed by atoms with Gasteiger partial charge in [0.25, 0.3) is 0 Å². The van der Waals surface area contributed by atoms with Crippen LogP contribution in [0.1, 0.15) is 50.9 Å². The molecule has 11 heteroatoms. The first-order chi connectivity index (χ1) is 20.1. The Kier molecular flexibility index (Phi) is 12.7. The first-order valence-electron chi connectivity index (χ1n) is 13.4. The Bertz CT molecular complexity index is 1440. The highest BCUT2D eigenvalue weighted by Crippen LogP contribution is 2.39. The maximum Gasteiger partial charge on any atom is 0.173 e. The number of halogens is 4. The molecule has 1 aromatic heterocycles. The summed E-state index contributed by atoms with van der Waals surface area (Å²) >= 11 is 9.02. The minimum absolute atomic E-state index is 0.0729. The van der Waals surface area contributed by atoms with E-state index in [0.29, 0.717) is 34.3 Å². The fraction of sp³-hybridized carbons (Fsp3) is 0.323. The van der Waals surface area contributed by atoms with E-state index in [0.717, 1.165) is 11.3 Å². The molecule has 0 aliphatic carbocycles. The summed E-state index contributed by atoms with van der Waals surface area (Å²) in [6, 6.07) is 13.8. The lowest BCUT2D eigenvalue weighted by atomic mass is 9.81. The van der Waals surface area contributed by atoms with E-state index >= 15 is 4.39 Å². The van der Waals surface area contributed by atoms with E-state index in [9.17, 15) is 8.78 Å². The highest BCUT2D eigenvalue weighted by molar-refractivity contribution is 7.98. The fourth-order valence-electron chi connectivity index (χ4n) is 4.11. The SMILES string of the molecule is CC.COc1cc(C(C)(C)c2cnc(SCc3c(F)cc(SNCCCO)cc3Cl)n2-c2ccc(F)cc2)ccc1F. The normalized spacial score (nSPS) is 11.3. The molecule has 3 aromatic carbocycles. The minimum atomic E-state index is -0.661. The van der Waals surface area contributed by atoms with Crippen LogP contribution in [-0.4, -0.2) is 34.9 Å². The quantitative estimate of drug-likeness (QED) is 0.0922. The fourth-order valence-corrected chi connectivity index (χ4v) is 6.31. The van der Waals surface area contributed by atoms with Gasteiger partial charge in [0, 0.05) is 45.5 Å². The van der Waals surface area contributed by atoms with Crippen LogP contribution in [0.3, 0.4) is 0 Å². The Balaban J connectivity index is 0.00000237. The van der Waals surface area contributed by atoms with Gasteiger partial charge < -0.3 is 9.84 Å². The molecule has 0 unspecified atom stereocenters. The van der Waals surface area contributed by atoms with Crippen molar-refractivity contribution in [1.29, 1.82) is 0 Å². The van der Waals surface area contributed by atoms with Crippen molar-refractivity contribution in [3.8, 4) is 11.4 Å². The van der Waals surface area contributed by atoms with Crippen LogP contribution in [0, 0.1) is 17.5 Å². The number of nitrogens with one attached hydrogen (secondary N) is 1. The second-order valence-corrected chi connectivity index (χ2v) is 11.8. The van der Waals surface area contributed by atoms with Gasteiger partial charge >= 0.3 is 0 Å². The number of hydrogen-bond donors (Lipinski definition) is 2. The summed E-state index contributed by atoms with van der Waals surface area (Å²) in [7, 11) is 1.41. The van der Waals surface area contributed by atoms with Crippen molar-refractivity contribution in [3.63, 3.8) is 0 Å². The van der Waals surface area contributed by atoms with Crippen LogP contribution in [0.5, 0.6) is 5.75 Å². The summed E-state index contributed by atoms with van der Waals surface area (Å²) in [6.07, 6.45) is 2.31. The lowest BCUT2D eigenvalue weighted by Gasteiger charge is -2.28. The number of hydrogen-bond acceptors (Lipinski definition) is 6. The zero-order valence-electron chi connectivity index (χ0n) is 24.2. The Morgan fingerprint density at radius 3 is 2.38 bits per heavy atom. The number of aliphatic hydroxyl groups is 1. The number of aliphatic hydroxyl groups excluding tert-OH is 1. The molecule has 0 fully saturated rings. The topological polar surface area (TPSA) is 59.3 Å². The molecule has 0 saturated carbocycles. The van der Waals surface area contributed by atoms with Crippen molar-refractivity contribution in [3.05, 3.63) is 100 Å². The number of rotatable bonds is 12. The molecule has 0 radical (unpaired) electrons. The van der Waals surface area contributed by atoms with Gasteiger partial charge in [-0.2, -0.15) is 0 Å². The number of nitrogens with zero attached hydrogens (tertiary/aromatic N) is 2. The van der Waals surface area contributed by atoms with Crippen molar-refractivity contribution in [2.45, 2.75) is 55.3 Å². The third-order valence-electron chi connectivity index (χ3n) is 6.41. The van der Waals surface area contributed by atoms with Crippen molar-refractivity contribution >= 4 is 35.3 Å². The van der Waals surface area contributed by atoms with Gasteiger partial charge in [-0.1, -0.05) is 57.1 Å². The van der Waals surface area contributed by atoms with E-state index in [4.69, 9.17) is 21.4 Å². The third kappa shape index (κ3) is 8.05. The molecule has 4 aromatic rings. The van der Waals surface area contributed by atoms with Gasteiger partial charge in [0.15, 0.2) is 16.7 Å². The molecule has 0 spiro atoms. The van der Waals surface area contributed by atoms with Crippen LogP contribution < -0.4 is 9.46 Å². The molecule has 0 saturated heterocycles. The Morgan fingerprint density at radius 2 is 1.74 bits per heavy atom. The average Bonchev–Trinajstić information content (AvgIpc) is 3.41. The van der Waals surface area contributed by atoms with Gasteiger partial charge in [-0.05, 0) is 72.5 Å². The zero-order chi connectivity index (χ0) is 30.9. The predicted molar refractivity (Wildman–Crippen MR) is 166 cm³/mol. The third-order valence-corrected chi connectivity index (χ3v) is 8.55.